The van der Waals surface area contributed by atoms with Crippen molar-refractivity contribution < 1.29 is 32.6 Å². The zero-order chi connectivity index (χ0) is 22.9. The van der Waals surface area contributed by atoms with Gasteiger partial charge in [0.15, 0.2) is 0 Å². The van der Waals surface area contributed by atoms with E-state index in [2.05, 4.69) is 26.3 Å². The van der Waals surface area contributed by atoms with E-state index in [0.29, 0.717) is 11.3 Å². The second kappa shape index (κ2) is 9.43. The van der Waals surface area contributed by atoms with E-state index >= 15 is 0 Å². The van der Waals surface area contributed by atoms with Gasteiger partial charge in [0.1, 0.15) is 22.1 Å². The topological polar surface area (TPSA) is 99.5 Å². The van der Waals surface area contributed by atoms with Crippen LogP contribution in [0.15, 0.2) is 4.47 Å². The number of carbonyl (C=O) groups is 3. The van der Waals surface area contributed by atoms with Gasteiger partial charge in [0.2, 0.25) is 5.91 Å². The van der Waals surface area contributed by atoms with Gasteiger partial charge in [0, 0.05) is 5.92 Å². The van der Waals surface area contributed by atoms with Crippen LogP contribution in [0.3, 0.4) is 0 Å². The molecule has 2 heterocycles. The zero-order valence-electron chi connectivity index (χ0n) is 17.0. The van der Waals surface area contributed by atoms with Crippen LogP contribution in [-0.4, -0.2) is 41.3 Å². The quantitative estimate of drug-likeness (QED) is 0.517. The molecule has 0 spiro atoms. The molecule has 1 fully saturated rings. The second-order valence-electron chi connectivity index (χ2n) is 6.84. The van der Waals surface area contributed by atoms with Crippen LogP contribution in [0.4, 0.5) is 13.8 Å². The Morgan fingerprint density at radius 1 is 1.32 bits per heavy atom. The fourth-order valence-corrected chi connectivity index (χ4v) is 5.01. The molecule has 31 heavy (non-hydrogen) atoms. The summed E-state index contributed by atoms with van der Waals surface area (Å²) in [5.41, 5.74) is 0.502. The minimum atomic E-state index is -2.78. The Morgan fingerprint density at radius 2 is 2.00 bits per heavy atom. The summed E-state index contributed by atoms with van der Waals surface area (Å²) in [5.74, 6) is -1.86. The first-order valence-corrected chi connectivity index (χ1v) is 11.0. The number of carbonyl (C=O) groups excluding carboxylic acids is 3. The van der Waals surface area contributed by atoms with Crippen molar-refractivity contribution in [2.75, 3.05) is 19.0 Å². The van der Waals surface area contributed by atoms with E-state index in [1.165, 1.54) is 11.8 Å². The van der Waals surface area contributed by atoms with Gasteiger partial charge in [0.25, 0.3) is 6.43 Å². The standard InChI is InChI=1S/C19H20BrF2N3O5S/c1-4-30-19(28)15-8(2)11(18(27)29-3)17(31-15)23-10(26)7-25-14(9-5-6-9)12(20)13(24-25)16(21)22/h9,16H,4-7H2,1-3H3,(H,23,26). The van der Waals surface area contributed by atoms with Gasteiger partial charge in [-0.3, -0.25) is 9.48 Å². The number of thiophene rings is 1. The number of rotatable bonds is 8. The molecule has 0 bridgehead atoms. The number of nitrogens with zero attached hydrogens (tertiary/aromatic N) is 2. The maximum Gasteiger partial charge on any atom is 0.348 e. The van der Waals surface area contributed by atoms with E-state index in [9.17, 15) is 23.2 Å². The first-order chi connectivity index (χ1) is 14.7. The molecule has 0 saturated heterocycles. The summed E-state index contributed by atoms with van der Waals surface area (Å²) in [6, 6.07) is 0. The number of hydrogen-bond donors (Lipinski definition) is 1. The molecule has 2 aromatic rings. The Morgan fingerprint density at radius 3 is 2.55 bits per heavy atom. The number of ether oxygens (including phenoxy) is 2. The number of halogens is 3. The molecule has 1 saturated carbocycles. The summed E-state index contributed by atoms with van der Waals surface area (Å²) >= 11 is 4.06. The average Bonchev–Trinajstić information content (AvgIpc) is 3.41. The highest BCUT2D eigenvalue weighted by atomic mass is 79.9. The Labute approximate surface area is 189 Å². The Kier molecular flexibility index (Phi) is 7.10. The van der Waals surface area contributed by atoms with Gasteiger partial charge in [-0.05, 0) is 48.2 Å². The van der Waals surface area contributed by atoms with E-state index in [1.807, 2.05) is 0 Å². The third kappa shape index (κ3) is 4.79. The van der Waals surface area contributed by atoms with E-state index < -0.39 is 30.0 Å². The number of methoxy groups -OCH3 is 1. The third-order valence-electron chi connectivity index (χ3n) is 4.67. The lowest BCUT2D eigenvalue weighted by Crippen LogP contribution is -2.21. The van der Waals surface area contributed by atoms with Gasteiger partial charge in [-0.2, -0.15) is 5.10 Å². The lowest BCUT2D eigenvalue weighted by Gasteiger charge is -2.09. The molecule has 3 rings (SSSR count). The molecule has 0 radical (unpaired) electrons. The molecule has 8 nitrogen and oxygen atoms in total. The first kappa shape index (κ1) is 23.3. The fourth-order valence-electron chi connectivity index (χ4n) is 3.12. The van der Waals surface area contributed by atoms with Crippen molar-refractivity contribution in [3.8, 4) is 0 Å². The van der Waals surface area contributed by atoms with Crippen LogP contribution in [0.2, 0.25) is 0 Å². The highest BCUT2D eigenvalue weighted by Gasteiger charge is 2.34. The largest absolute Gasteiger partial charge is 0.465 e. The number of aromatic nitrogens is 2. The maximum atomic E-state index is 13.3. The zero-order valence-corrected chi connectivity index (χ0v) is 19.4. The number of hydrogen-bond acceptors (Lipinski definition) is 7. The molecular weight excluding hydrogens is 500 g/mol. The molecule has 1 amide bonds. The number of alkyl halides is 2. The average molecular weight is 520 g/mol. The maximum absolute atomic E-state index is 13.3. The Hall–Kier alpha value is -2.34. The SMILES string of the molecule is CCOC(=O)c1sc(NC(=O)Cn2nc(C(F)F)c(Br)c2C2CC2)c(C(=O)OC)c1C. The van der Waals surface area contributed by atoms with Gasteiger partial charge in [0.05, 0.1) is 29.4 Å². The highest BCUT2D eigenvalue weighted by Crippen LogP contribution is 2.45. The molecule has 168 valence electrons. The second-order valence-corrected chi connectivity index (χ2v) is 8.65. The van der Waals surface area contributed by atoms with Crippen LogP contribution in [0.25, 0.3) is 0 Å². The predicted octanol–water partition coefficient (Wildman–Crippen LogP) is 4.43. The molecule has 0 aromatic carbocycles. The van der Waals surface area contributed by atoms with Crippen LogP contribution in [0.1, 0.15) is 69.1 Å². The van der Waals surface area contributed by atoms with Crippen LogP contribution < -0.4 is 5.32 Å². The van der Waals surface area contributed by atoms with Crippen molar-refractivity contribution in [2.45, 2.75) is 45.6 Å². The summed E-state index contributed by atoms with van der Waals surface area (Å²) in [7, 11) is 1.18. The van der Waals surface area contributed by atoms with E-state index in [1.54, 1.807) is 13.8 Å². The first-order valence-electron chi connectivity index (χ1n) is 9.42. The van der Waals surface area contributed by atoms with Gasteiger partial charge >= 0.3 is 11.9 Å². The lowest BCUT2D eigenvalue weighted by atomic mass is 10.1. The summed E-state index contributed by atoms with van der Waals surface area (Å²) in [5, 5.41) is 6.60. The summed E-state index contributed by atoms with van der Waals surface area (Å²) in [4.78, 5) is 37.3. The highest BCUT2D eigenvalue weighted by molar-refractivity contribution is 9.10. The summed E-state index contributed by atoms with van der Waals surface area (Å²) in [6.07, 6.45) is -1.13. The molecule has 1 aliphatic carbocycles. The van der Waals surface area contributed by atoms with E-state index in [4.69, 9.17) is 9.47 Å². The molecule has 0 atom stereocenters. The van der Waals surface area contributed by atoms with Gasteiger partial charge < -0.3 is 14.8 Å². The minimum absolute atomic E-state index is 0.0428. The molecule has 0 aliphatic heterocycles. The third-order valence-corrected chi connectivity index (χ3v) is 6.67. The number of nitrogens with one attached hydrogen (secondary N) is 1. The Bertz CT molecular complexity index is 1030. The van der Waals surface area contributed by atoms with Crippen LogP contribution >= 0.6 is 27.3 Å². The summed E-state index contributed by atoms with van der Waals surface area (Å²) in [6.45, 7) is 3.02. The van der Waals surface area contributed by atoms with E-state index in [-0.39, 0.29) is 39.0 Å². The predicted molar refractivity (Wildman–Crippen MR) is 112 cm³/mol. The summed E-state index contributed by atoms with van der Waals surface area (Å²) < 4.78 is 37.7. The molecule has 2 aromatic heterocycles. The smallest absolute Gasteiger partial charge is 0.348 e. The van der Waals surface area contributed by atoms with Crippen molar-refractivity contribution in [1.29, 1.82) is 0 Å². The molecule has 0 unspecified atom stereocenters. The van der Waals surface area contributed by atoms with Crippen molar-refractivity contribution in [1.82, 2.24) is 9.78 Å². The monoisotopic (exact) mass is 519 g/mol. The van der Waals surface area contributed by atoms with E-state index in [0.717, 1.165) is 24.2 Å². The minimum Gasteiger partial charge on any atom is -0.465 e. The van der Waals surface area contributed by atoms with Crippen molar-refractivity contribution in [3.63, 3.8) is 0 Å². The molecule has 12 heteroatoms. The molecular formula is C19H20BrF2N3O5S. The van der Waals surface area contributed by atoms with Gasteiger partial charge in [-0.1, -0.05) is 0 Å². The lowest BCUT2D eigenvalue weighted by molar-refractivity contribution is -0.116. The van der Waals surface area contributed by atoms with Gasteiger partial charge in [-0.15, -0.1) is 11.3 Å². The van der Waals surface area contributed by atoms with Gasteiger partial charge in [-0.25, -0.2) is 18.4 Å². The van der Waals surface area contributed by atoms with Crippen molar-refractivity contribution in [3.05, 3.63) is 31.9 Å². The van der Waals surface area contributed by atoms with Crippen molar-refractivity contribution >= 4 is 50.1 Å². The fraction of sp³-hybridized carbons (Fsp3) is 0.474. The number of esters is 2. The Balaban J connectivity index is 1.89. The number of amides is 1. The van der Waals surface area contributed by atoms with Crippen LogP contribution in [-0.2, 0) is 20.8 Å². The molecule has 1 aliphatic rings. The normalized spacial score (nSPS) is 13.4. The van der Waals surface area contributed by atoms with Crippen LogP contribution in [0, 0.1) is 6.92 Å². The van der Waals surface area contributed by atoms with Crippen molar-refractivity contribution in [2.24, 2.45) is 0 Å². The number of anilines is 1. The van der Waals surface area contributed by atoms with Crippen LogP contribution in [0.5, 0.6) is 0 Å². The molecule has 1 N–H and O–H groups in total.